The van der Waals surface area contributed by atoms with Crippen molar-refractivity contribution in [3.05, 3.63) is 51.8 Å². The molecule has 0 aliphatic carbocycles. The molecule has 0 bridgehead atoms. The molecule has 2 rings (SSSR count). The van der Waals surface area contributed by atoms with Crippen LogP contribution in [0.25, 0.3) is 0 Å². The Balaban J connectivity index is 2.24. The zero-order valence-corrected chi connectivity index (χ0v) is 10.6. The Morgan fingerprint density at radius 1 is 1.44 bits per heavy atom. The minimum atomic E-state index is 0.0459. The van der Waals surface area contributed by atoms with Gasteiger partial charge in [0.2, 0.25) is 0 Å². The van der Waals surface area contributed by atoms with Gasteiger partial charge in [0.05, 0.1) is 19.3 Å². The van der Waals surface area contributed by atoms with E-state index in [9.17, 15) is 0 Å². The van der Waals surface area contributed by atoms with Crippen molar-refractivity contribution in [2.45, 2.75) is 20.1 Å². The summed E-state index contributed by atoms with van der Waals surface area (Å²) < 4.78 is 2.96. The third-order valence-electron chi connectivity index (χ3n) is 2.60. The smallest absolute Gasteiger partial charge is 0.0715 e. The van der Waals surface area contributed by atoms with Gasteiger partial charge in [-0.15, -0.1) is 0 Å². The molecule has 0 saturated heterocycles. The van der Waals surface area contributed by atoms with E-state index in [-0.39, 0.29) is 6.61 Å². The molecule has 1 heterocycles. The first-order valence-corrected chi connectivity index (χ1v) is 5.86. The molecule has 0 radical (unpaired) electrons. The highest BCUT2D eigenvalue weighted by molar-refractivity contribution is 9.10. The first-order chi connectivity index (χ1) is 7.70. The third-order valence-corrected chi connectivity index (χ3v) is 3.09. The van der Waals surface area contributed by atoms with Crippen molar-refractivity contribution in [3.8, 4) is 0 Å². The van der Waals surface area contributed by atoms with Crippen molar-refractivity contribution in [2.24, 2.45) is 0 Å². The van der Waals surface area contributed by atoms with Crippen LogP contribution in [0.4, 0.5) is 0 Å². The number of aliphatic hydroxyl groups excluding tert-OH is 1. The summed E-state index contributed by atoms with van der Waals surface area (Å²) in [6.07, 6.45) is 1.72. The maximum absolute atomic E-state index is 9.08. The first-order valence-electron chi connectivity index (χ1n) is 5.07. The van der Waals surface area contributed by atoms with Gasteiger partial charge in [0, 0.05) is 15.7 Å². The van der Waals surface area contributed by atoms with Gasteiger partial charge in [0.1, 0.15) is 0 Å². The van der Waals surface area contributed by atoms with Crippen molar-refractivity contribution >= 4 is 15.9 Å². The molecule has 0 amide bonds. The van der Waals surface area contributed by atoms with Crippen LogP contribution in [0.3, 0.4) is 0 Å². The molecule has 1 N–H and O–H groups in total. The highest BCUT2D eigenvalue weighted by atomic mass is 79.9. The summed E-state index contributed by atoms with van der Waals surface area (Å²) in [6, 6.07) is 8.13. The summed E-state index contributed by atoms with van der Waals surface area (Å²) in [6.45, 7) is 2.74. The van der Waals surface area contributed by atoms with Crippen molar-refractivity contribution in [1.82, 2.24) is 9.78 Å². The zero-order chi connectivity index (χ0) is 11.5. The van der Waals surface area contributed by atoms with E-state index < -0.39 is 0 Å². The lowest BCUT2D eigenvalue weighted by Gasteiger charge is -2.05. The van der Waals surface area contributed by atoms with Crippen LogP contribution in [0, 0.1) is 6.92 Å². The molecule has 0 spiro atoms. The minimum absolute atomic E-state index is 0.0459. The maximum Gasteiger partial charge on any atom is 0.0715 e. The van der Waals surface area contributed by atoms with Gasteiger partial charge < -0.3 is 5.11 Å². The standard InChI is InChI=1S/C12H13BrN2O/c1-9-11(8-16)6-14-15(9)7-10-3-2-4-12(13)5-10/h2-6,16H,7-8H2,1H3. The topological polar surface area (TPSA) is 38.1 Å². The first kappa shape index (κ1) is 11.4. The number of aliphatic hydroxyl groups is 1. The Kier molecular flexibility index (Phi) is 3.41. The molecule has 0 fully saturated rings. The number of aromatic nitrogens is 2. The predicted molar refractivity (Wildman–Crippen MR) is 66.1 cm³/mol. The van der Waals surface area contributed by atoms with E-state index in [1.54, 1.807) is 6.20 Å². The van der Waals surface area contributed by atoms with Crippen molar-refractivity contribution in [2.75, 3.05) is 0 Å². The summed E-state index contributed by atoms with van der Waals surface area (Å²) in [4.78, 5) is 0. The predicted octanol–water partition coefficient (Wildman–Crippen LogP) is 2.49. The number of benzene rings is 1. The van der Waals surface area contributed by atoms with E-state index in [1.807, 2.05) is 23.7 Å². The molecule has 0 unspecified atom stereocenters. The zero-order valence-electron chi connectivity index (χ0n) is 9.02. The van der Waals surface area contributed by atoms with Crippen LogP contribution in [0.15, 0.2) is 34.9 Å². The lowest BCUT2D eigenvalue weighted by molar-refractivity contribution is 0.281. The SMILES string of the molecule is Cc1c(CO)cnn1Cc1cccc(Br)c1. The Morgan fingerprint density at radius 2 is 2.25 bits per heavy atom. The fourth-order valence-electron chi connectivity index (χ4n) is 1.61. The molecule has 4 heteroatoms. The van der Waals surface area contributed by atoms with Crippen molar-refractivity contribution in [1.29, 1.82) is 0 Å². The highest BCUT2D eigenvalue weighted by Crippen LogP contribution is 2.14. The van der Waals surface area contributed by atoms with Crippen molar-refractivity contribution in [3.63, 3.8) is 0 Å². The second-order valence-electron chi connectivity index (χ2n) is 3.70. The molecule has 2 aromatic rings. The Labute approximate surface area is 103 Å². The maximum atomic E-state index is 9.08. The molecule has 1 aromatic heterocycles. The molecule has 0 aliphatic heterocycles. The number of hydrogen-bond donors (Lipinski definition) is 1. The summed E-state index contributed by atoms with van der Waals surface area (Å²) in [5.74, 6) is 0. The van der Waals surface area contributed by atoms with Gasteiger partial charge in [-0.3, -0.25) is 4.68 Å². The molecule has 84 valence electrons. The molecule has 0 saturated carbocycles. The van der Waals surface area contributed by atoms with E-state index in [0.29, 0.717) is 0 Å². The van der Waals surface area contributed by atoms with Gasteiger partial charge in [-0.25, -0.2) is 0 Å². The van der Waals surface area contributed by atoms with E-state index >= 15 is 0 Å². The average Bonchev–Trinajstić information content (AvgIpc) is 2.60. The van der Waals surface area contributed by atoms with Gasteiger partial charge in [-0.05, 0) is 24.6 Å². The number of nitrogens with zero attached hydrogens (tertiary/aromatic N) is 2. The lowest BCUT2D eigenvalue weighted by atomic mass is 10.2. The average molecular weight is 281 g/mol. The highest BCUT2D eigenvalue weighted by Gasteiger charge is 2.05. The molecule has 16 heavy (non-hydrogen) atoms. The summed E-state index contributed by atoms with van der Waals surface area (Å²) in [5, 5.41) is 13.3. The molecule has 1 aromatic carbocycles. The summed E-state index contributed by atoms with van der Waals surface area (Å²) >= 11 is 3.44. The van der Waals surface area contributed by atoms with E-state index in [1.165, 1.54) is 5.56 Å². The van der Waals surface area contributed by atoms with Crippen LogP contribution in [-0.2, 0) is 13.2 Å². The molecule has 0 atom stereocenters. The van der Waals surface area contributed by atoms with Gasteiger partial charge in [0.15, 0.2) is 0 Å². The van der Waals surface area contributed by atoms with E-state index in [4.69, 9.17) is 5.11 Å². The molecular formula is C12H13BrN2O. The third kappa shape index (κ3) is 2.33. The van der Waals surface area contributed by atoms with Gasteiger partial charge in [-0.1, -0.05) is 28.1 Å². The van der Waals surface area contributed by atoms with Gasteiger partial charge in [-0.2, -0.15) is 5.10 Å². The lowest BCUT2D eigenvalue weighted by Crippen LogP contribution is -2.04. The Bertz CT molecular complexity index is 494. The van der Waals surface area contributed by atoms with Gasteiger partial charge in [0.25, 0.3) is 0 Å². The molecule has 0 aliphatic rings. The van der Waals surface area contributed by atoms with Crippen LogP contribution >= 0.6 is 15.9 Å². The van der Waals surface area contributed by atoms with Crippen LogP contribution in [0.2, 0.25) is 0 Å². The van der Waals surface area contributed by atoms with Crippen LogP contribution < -0.4 is 0 Å². The second kappa shape index (κ2) is 4.80. The normalized spacial score (nSPS) is 10.7. The van der Waals surface area contributed by atoms with E-state index in [2.05, 4.69) is 33.2 Å². The molecule has 3 nitrogen and oxygen atoms in total. The number of halogens is 1. The second-order valence-corrected chi connectivity index (χ2v) is 4.62. The van der Waals surface area contributed by atoms with Crippen LogP contribution in [0.1, 0.15) is 16.8 Å². The van der Waals surface area contributed by atoms with Crippen molar-refractivity contribution < 1.29 is 5.11 Å². The fraction of sp³-hybridized carbons (Fsp3) is 0.250. The quantitative estimate of drug-likeness (QED) is 0.938. The van der Waals surface area contributed by atoms with Crippen LogP contribution in [0.5, 0.6) is 0 Å². The van der Waals surface area contributed by atoms with E-state index in [0.717, 1.165) is 22.3 Å². The number of hydrogen-bond acceptors (Lipinski definition) is 2. The largest absolute Gasteiger partial charge is 0.392 e. The Hall–Kier alpha value is -1.13. The summed E-state index contributed by atoms with van der Waals surface area (Å²) in [7, 11) is 0. The molecular weight excluding hydrogens is 268 g/mol. The monoisotopic (exact) mass is 280 g/mol. The fourth-order valence-corrected chi connectivity index (χ4v) is 2.05. The summed E-state index contributed by atoms with van der Waals surface area (Å²) in [5.41, 5.74) is 3.09. The minimum Gasteiger partial charge on any atom is -0.392 e. The van der Waals surface area contributed by atoms with Crippen LogP contribution in [-0.4, -0.2) is 14.9 Å². The Morgan fingerprint density at radius 3 is 2.88 bits per heavy atom. The number of rotatable bonds is 3. The van der Waals surface area contributed by atoms with Gasteiger partial charge >= 0.3 is 0 Å².